The fourth-order valence-electron chi connectivity index (χ4n) is 6.23. The first kappa shape index (κ1) is 28.1. The molecule has 2 unspecified atom stereocenters. The number of ether oxygens (including phenoxy) is 2. The van der Waals surface area contributed by atoms with Gasteiger partial charge in [0.1, 0.15) is 30.3 Å². The highest BCUT2D eigenvalue weighted by atomic mass is 32.3. The van der Waals surface area contributed by atoms with Gasteiger partial charge in [-0.05, 0) is 121 Å². The zero-order valence-electron chi connectivity index (χ0n) is 23.3. The van der Waals surface area contributed by atoms with Gasteiger partial charge in [0.15, 0.2) is 0 Å². The van der Waals surface area contributed by atoms with Gasteiger partial charge in [-0.3, -0.25) is 13.9 Å². The van der Waals surface area contributed by atoms with Crippen molar-refractivity contribution in [1.29, 1.82) is 0 Å². The number of benzene rings is 3. The van der Waals surface area contributed by atoms with Gasteiger partial charge in [-0.1, -0.05) is 24.3 Å². The average Bonchev–Trinajstić information content (AvgIpc) is 3.77. The van der Waals surface area contributed by atoms with E-state index in [9.17, 15) is 24.1 Å². The molecule has 0 amide bonds. The predicted octanol–water partition coefficient (Wildman–Crippen LogP) is 6.57. The molecule has 6 rings (SSSR count). The smallest absolute Gasteiger partial charge is 0.307 e. The van der Waals surface area contributed by atoms with E-state index in [2.05, 4.69) is 31.2 Å². The molecule has 0 bridgehead atoms. The molecule has 1 aliphatic heterocycles. The van der Waals surface area contributed by atoms with Gasteiger partial charge in [-0.15, -0.1) is 0 Å². The Hall–Kier alpha value is -3.04. The minimum atomic E-state index is -2.56. The summed E-state index contributed by atoms with van der Waals surface area (Å²) in [6.45, 7) is 2.68. The summed E-state index contributed by atoms with van der Waals surface area (Å²) in [6.07, 6.45) is 4.33. The number of aliphatic carboxylic acids is 1. The number of carbonyl (C=O) groups is 1. The topological polar surface area (TPSA) is 116 Å². The Balaban J connectivity index is 1.15. The lowest BCUT2D eigenvalue weighted by Gasteiger charge is -2.43. The monoisotopic (exact) mass is 578 g/mol. The largest absolute Gasteiger partial charge is 0.491 e. The molecule has 4 N–H and O–H groups in total. The summed E-state index contributed by atoms with van der Waals surface area (Å²) in [7, 11) is -2.56. The molecule has 0 radical (unpaired) electrons. The van der Waals surface area contributed by atoms with Crippen LogP contribution in [0.2, 0.25) is 0 Å². The van der Waals surface area contributed by atoms with Crippen molar-refractivity contribution in [3.63, 3.8) is 0 Å². The predicted molar refractivity (Wildman–Crippen MR) is 160 cm³/mol. The molecule has 3 aromatic carbocycles. The van der Waals surface area contributed by atoms with Gasteiger partial charge in [0.25, 0.3) is 0 Å². The molecular formula is C33H38O7S. The standard InChI is InChI=1S/C33H38O7S/c1-21-15-27(40-20-33(36)11-13-41(37,38)14-12-33)17-25-4-2-3-23-6-5-22(16-29(23)31(21)25)19-39-26-9-7-24(8-10-26)28-18-30(28)32(34)35/h5-10,15-17,28,30,36-38H,2-4,11-14,18-20H2,1H3,(H,34,35). The third-order valence-corrected chi connectivity index (χ3v) is 10.6. The van der Waals surface area contributed by atoms with Crippen LogP contribution in [0.4, 0.5) is 0 Å². The highest BCUT2D eigenvalue weighted by Gasteiger charge is 2.44. The van der Waals surface area contributed by atoms with Gasteiger partial charge in [0.05, 0.1) is 5.92 Å². The lowest BCUT2D eigenvalue weighted by atomic mass is 9.91. The lowest BCUT2D eigenvalue weighted by Crippen LogP contribution is -2.42. The maximum atomic E-state index is 11.2. The summed E-state index contributed by atoms with van der Waals surface area (Å²) in [6, 6.07) is 18.5. The SMILES string of the molecule is Cc1cc(OCC2(O)CCS(O)(O)CC2)cc2c1-c1cc(COc3ccc(C4CC4C(=O)O)cc3)ccc1CCC2. The molecule has 41 heavy (non-hydrogen) atoms. The Morgan fingerprint density at radius 1 is 0.951 bits per heavy atom. The maximum Gasteiger partial charge on any atom is 0.307 e. The molecule has 8 heteroatoms. The molecule has 1 heterocycles. The highest BCUT2D eigenvalue weighted by molar-refractivity contribution is 8.24. The Morgan fingerprint density at radius 2 is 1.68 bits per heavy atom. The first-order chi connectivity index (χ1) is 19.6. The number of carboxylic acids is 1. The summed E-state index contributed by atoms with van der Waals surface area (Å²) >= 11 is 0. The van der Waals surface area contributed by atoms with Crippen LogP contribution in [0, 0.1) is 12.8 Å². The molecule has 3 aromatic rings. The van der Waals surface area contributed by atoms with E-state index in [1.807, 2.05) is 30.3 Å². The first-order valence-corrected chi connectivity index (χ1v) is 16.3. The number of hydrogen-bond acceptors (Lipinski definition) is 6. The van der Waals surface area contributed by atoms with Crippen molar-refractivity contribution >= 4 is 16.6 Å². The number of aliphatic hydroxyl groups is 1. The number of aryl methyl sites for hydroxylation is 3. The zero-order chi connectivity index (χ0) is 28.8. The molecule has 3 aliphatic rings. The average molecular weight is 579 g/mol. The zero-order valence-corrected chi connectivity index (χ0v) is 24.2. The van der Waals surface area contributed by atoms with E-state index >= 15 is 0 Å². The van der Waals surface area contributed by atoms with Crippen molar-refractivity contribution in [3.8, 4) is 22.6 Å². The molecule has 0 aromatic heterocycles. The van der Waals surface area contributed by atoms with E-state index in [1.165, 1.54) is 22.3 Å². The van der Waals surface area contributed by atoms with E-state index in [-0.39, 0.29) is 29.9 Å². The van der Waals surface area contributed by atoms with Crippen molar-refractivity contribution < 1.29 is 33.6 Å². The third-order valence-electron chi connectivity index (χ3n) is 8.84. The fourth-order valence-corrected chi connectivity index (χ4v) is 7.85. The van der Waals surface area contributed by atoms with Gasteiger partial charge in [0, 0.05) is 11.5 Å². The normalized spacial score (nSPS) is 22.9. The van der Waals surface area contributed by atoms with E-state index in [4.69, 9.17) is 9.47 Å². The van der Waals surface area contributed by atoms with Crippen LogP contribution in [0.25, 0.3) is 11.1 Å². The van der Waals surface area contributed by atoms with Crippen molar-refractivity contribution in [3.05, 3.63) is 82.4 Å². The molecule has 218 valence electrons. The Morgan fingerprint density at radius 3 is 2.39 bits per heavy atom. The molecule has 1 saturated carbocycles. The minimum Gasteiger partial charge on any atom is -0.491 e. The highest BCUT2D eigenvalue weighted by Crippen LogP contribution is 2.48. The molecular weight excluding hydrogens is 540 g/mol. The number of fused-ring (bicyclic) bond motifs is 3. The molecule has 2 atom stereocenters. The Labute approximate surface area is 242 Å². The van der Waals surface area contributed by atoms with Crippen molar-refractivity contribution in [1.82, 2.24) is 0 Å². The van der Waals surface area contributed by atoms with Crippen LogP contribution in [0.5, 0.6) is 11.5 Å². The van der Waals surface area contributed by atoms with Crippen molar-refractivity contribution in [2.75, 3.05) is 18.1 Å². The summed E-state index contributed by atoms with van der Waals surface area (Å²) in [5.41, 5.74) is 7.23. The van der Waals surface area contributed by atoms with Crippen LogP contribution in [-0.4, -0.2) is 49.0 Å². The Bertz CT molecular complexity index is 1440. The second-order valence-corrected chi connectivity index (χ2v) is 14.4. The summed E-state index contributed by atoms with van der Waals surface area (Å²) in [5, 5.41) is 20.1. The molecule has 7 nitrogen and oxygen atoms in total. The minimum absolute atomic E-state index is 0.112. The van der Waals surface area contributed by atoms with Gasteiger partial charge in [0.2, 0.25) is 0 Å². The van der Waals surface area contributed by atoms with Crippen LogP contribution >= 0.6 is 10.6 Å². The van der Waals surface area contributed by atoms with E-state index in [1.54, 1.807) is 0 Å². The van der Waals surface area contributed by atoms with Gasteiger partial charge < -0.3 is 19.7 Å². The van der Waals surface area contributed by atoms with Gasteiger partial charge in [-0.2, -0.15) is 10.6 Å². The quantitative estimate of drug-likeness (QED) is 0.239. The van der Waals surface area contributed by atoms with Crippen LogP contribution in [0.3, 0.4) is 0 Å². The molecule has 2 fully saturated rings. The molecule has 1 saturated heterocycles. The van der Waals surface area contributed by atoms with Crippen molar-refractivity contribution in [2.45, 2.75) is 63.6 Å². The van der Waals surface area contributed by atoms with Gasteiger partial charge in [-0.25, -0.2) is 0 Å². The van der Waals surface area contributed by atoms with E-state index in [0.29, 0.717) is 25.9 Å². The molecule has 2 aliphatic carbocycles. The van der Waals surface area contributed by atoms with Crippen LogP contribution in [-0.2, 0) is 24.2 Å². The Kier molecular flexibility index (Phi) is 7.53. The lowest BCUT2D eigenvalue weighted by molar-refractivity contribution is -0.138. The number of carboxylic acid groups (broad SMARTS) is 1. The molecule has 0 spiro atoms. The van der Waals surface area contributed by atoms with Crippen LogP contribution in [0.15, 0.2) is 54.6 Å². The third kappa shape index (κ3) is 6.26. The number of rotatable bonds is 8. The summed E-state index contributed by atoms with van der Waals surface area (Å²) < 4.78 is 32.0. The van der Waals surface area contributed by atoms with E-state index < -0.39 is 22.2 Å². The van der Waals surface area contributed by atoms with E-state index in [0.717, 1.165) is 47.5 Å². The first-order valence-electron chi connectivity index (χ1n) is 14.4. The second kappa shape index (κ2) is 11.0. The van der Waals surface area contributed by atoms with Crippen molar-refractivity contribution in [2.24, 2.45) is 5.92 Å². The van der Waals surface area contributed by atoms with Crippen LogP contribution in [0.1, 0.15) is 59.4 Å². The van der Waals surface area contributed by atoms with Gasteiger partial charge >= 0.3 is 5.97 Å². The summed E-state index contributed by atoms with van der Waals surface area (Å²) in [5.74, 6) is 1.07. The second-order valence-electron chi connectivity index (χ2n) is 12.0. The summed E-state index contributed by atoms with van der Waals surface area (Å²) in [4.78, 5) is 11.2. The van der Waals surface area contributed by atoms with Crippen LogP contribution < -0.4 is 9.47 Å². The maximum absolute atomic E-state index is 11.2. The fraction of sp³-hybridized carbons (Fsp3) is 0.424. The number of hydrogen-bond donors (Lipinski definition) is 4.